The number of rotatable bonds is 1. The number of fused-ring (bicyclic) bond motifs is 1. The molecule has 7 heteroatoms. The molecule has 1 heterocycles. The molecule has 0 radical (unpaired) electrons. The molecule has 2 N–H and O–H groups in total. The zero-order chi connectivity index (χ0) is 10.3. The summed E-state index contributed by atoms with van der Waals surface area (Å²) in [6.45, 7) is 0. The summed E-state index contributed by atoms with van der Waals surface area (Å²) < 4.78 is 24.3. The highest BCUT2D eigenvalue weighted by molar-refractivity contribution is 7.90. The molecule has 1 aromatic rings. The van der Waals surface area contributed by atoms with E-state index in [1.807, 2.05) is 0 Å². The maximum absolute atomic E-state index is 11.3. The van der Waals surface area contributed by atoms with Crippen LogP contribution in [0.2, 0.25) is 0 Å². The summed E-state index contributed by atoms with van der Waals surface area (Å²) in [5.74, 6) is -0.715. The van der Waals surface area contributed by atoms with Crippen molar-refractivity contribution in [2.45, 2.75) is 4.90 Å². The van der Waals surface area contributed by atoms with Gasteiger partial charge in [-0.25, -0.2) is 18.4 Å². The third-order valence-corrected chi connectivity index (χ3v) is 3.19. The van der Waals surface area contributed by atoms with Crippen molar-refractivity contribution in [2.24, 2.45) is 0 Å². The largest absolute Gasteiger partial charge is 0.340 e. The van der Waals surface area contributed by atoms with Crippen LogP contribution in [0.5, 0.6) is 5.75 Å². The molecular formula is C7H5NO5S. The lowest BCUT2D eigenvalue weighted by Crippen LogP contribution is -2.20. The third-order valence-electron chi connectivity index (χ3n) is 1.82. The molecule has 14 heavy (non-hydrogen) atoms. The van der Waals surface area contributed by atoms with Crippen molar-refractivity contribution in [1.82, 2.24) is 4.72 Å². The fourth-order valence-corrected chi connectivity index (χ4v) is 2.39. The molecule has 2 rings (SSSR count). The van der Waals surface area contributed by atoms with Crippen LogP contribution >= 0.6 is 0 Å². The number of carbonyl (C=O) groups is 1. The van der Waals surface area contributed by atoms with Gasteiger partial charge in [0, 0.05) is 6.07 Å². The van der Waals surface area contributed by atoms with Crippen molar-refractivity contribution in [2.75, 3.05) is 0 Å². The number of sulfonamides is 1. The van der Waals surface area contributed by atoms with Gasteiger partial charge in [0.05, 0.1) is 5.56 Å². The van der Waals surface area contributed by atoms with Gasteiger partial charge in [-0.1, -0.05) is 0 Å². The second-order valence-electron chi connectivity index (χ2n) is 2.68. The molecule has 0 unspecified atom stereocenters. The number of benzene rings is 1. The van der Waals surface area contributed by atoms with Gasteiger partial charge >= 0.3 is 0 Å². The van der Waals surface area contributed by atoms with E-state index in [1.165, 1.54) is 12.1 Å². The first-order valence-electron chi connectivity index (χ1n) is 3.57. The van der Waals surface area contributed by atoms with Crippen molar-refractivity contribution in [3.63, 3.8) is 0 Å². The van der Waals surface area contributed by atoms with Crippen LogP contribution in [-0.2, 0) is 10.0 Å². The molecule has 6 nitrogen and oxygen atoms in total. The average Bonchev–Trinajstić information content (AvgIpc) is 2.37. The fraction of sp³-hybridized carbons (Fsp3) is 0. The SMILES string of the molecule is O=C1NS(=O)(=O)c2cc(OO)ccc21. The second-order valence-corrected chi connectivity index (χ2v) is 4.33. The predicted octanol–water partition coefficient (Wildman–Crippen LogP) is -0.0295. The van der Waals surface area contributed by atoms with E-state index in [-0.39, 0.29) is 16.2 Å². The lowest BCUT2D eigenvalue weighted by molar-refractivity contribution is -0.137. The van der Waals surface area contributed by atoms with E-state index in [0.717, 1.165) is 6.07 Å². The van der Waals surface area contributed by atoms with Crippen LogP contribution in [0.4, 0.5) is 0 Å². The van der Waals surface area contributed by atoms with Gasteiger partial charge in [0.1, 0.15) is 4.90 Å². The van der Waals surface area contributed by atoms with Crippen molar-refractivity contribution in [1.29, 1.82) is 0 Å². The lowest BCUT2D eigenvalue weighted by atomic mass is 10.2. The van der Waals surface area contributed by atoms with E-state index in [0.29, 0.717) is 0 Å². The molecule has 1 aliphatic rings. The van der Waals surface area contributed by atoms with Gasteiger partial charge in [0.15, 0.2) is 5.75 Å². The zero-order valence-electron chi connectivity index (χ0n) is 6.72. The maximum atomic E-state index is 11.3. The highest BCUT2D eigenvalue weighted by Gasteiger charge is 2.32. The molecule has 0 atom stereocenters. The molecule has 0 fully saturated rings. The van der Waals surface area contributed by atoms with Gasteiger partial charge in [-0.2, -0.15) is 0 Å². The molecule has 74 valence electrons. The van der Waals surface area contributed by atoms with Gasteiger partial charge < -0.3 is 4.89 Å². The van der Waals surface area contributed by atoms with Gasteiger partial charge in [-0.05, 0) is 12.1 Å². The predicted molar refractivity (Wildman–Crippen MR) is 44.4 cm³/mol. The first-order chi connectivity index (χ1) is 6.54. The minimum absolute atomic E-state index is 0.0381. The fourth-order valence-electron chi connectivity index (χ4n) is 1.20. The van der Waals surface area contributed by atoms with Crippen LogP contribution in [0.25, 0.3) is 0 Å². The van der Waals surface area contributed by atoms with Crippen LogP contribution in [-0.4, -0.2) is 19.6 Å². The second kappa shape index (κ2) is 2.69. The van der Waals surface area contributed by atoms with Crippen LogP contribution < -0.4 is 9.61 Å². The Labute approximate surface area is 79.1 Å². The lowest BCUT2D eigenvalue weighted by Gasteiger charge is -1.98. The maximum Gasteiger partial charge on any atom is 0.266 e. The van der Waals surface area contributed by atoms with Crippen molar-refractivity contribution in [3.8, 4) is 5.75 Å². The first-order valence-corrected chi connectivity index (χ1v) is 5.05. The Balaban J connectivity index is 2.71. The average molecular weight is 215 g/mol. The van der Waals surface area contributed by atoms with Crippen molar-refractivity contribution in [3.05, 3.63) is 23.8 Å². The molecule has 0 saturated heterocycles. The summed E-state index contributed by atoms with van der Waals surface area (Å²) >= 11 is 0. The van der Waals surface area contributed by atoms with Gasteiger partial charge in [-0.3, -0.25) is 4.79 Å². The van der Waals surface area contributed by atoms with Crippen molar-refractivity contribution >= 4 is 15.9 Å². The first kappa shape index (κ1) is 8.97. The van der Waals surface area contributed by atoms with Gasteiger partial charge in [-0.15, -0.1) is 0 Å². The zero-order valence-corrected chi connectivity index (χ0v) is 7.54. The summed E-state index contributed by atoms with van der Waals surface area (Å²) in [7, 11) is -3.78. The monoisotopic (exact) mass is 215 g/mol. The number of carbonyl (C=O) groups excluding carboxylic acids is 1. The molecule has 0 aromatic heterocycles. The summed E-state index contributed by atoms with van der Waals surface area (Å²) in [5.41, 5.74) is 0.0470. The summed E-state index contributed by atoms with van der Waals surface area (Å²) in [6.07, 6.45) is 0. The van der Waals surface area contributed by atoms with E-state index in [2.05, 4.69) is 4.89 Å². The van der Waals surface area contributed by atoms with E-state index >= 15 is 0 Å². The number of amides is 1. The normalized spacial score (nSPS) is 17.4. The van der Waals surface area contributed by atoms with E-state index in [4.69, 9.17) is 5.26 Å². The Hall–Kier alpha value is -1.60. The molecule has 0 aliphatic carbocycles. The Morgan fingerprint density at radius 1 is 1.36 bits per heavy atom. The Morgan fingerprint density at radius 3 is 2.71 bits per heavy atom. The quantitative estimate of drug-likeness (QED) is 0.507. The van der Waals surface area contributed by atoms with Gasteiger partial charge in [0.25, 0.3) is 15.9 Å². The molecule has 1 amide bonds. The number of hydrogen-bond donors (Lipinski definition) is 2. The summed E-state index contributed by atoms with van der Waals surface area (Å²) in [4.78, 5) is 14.8. The number of nitrogens with one attached hydrogen (secondary N) is 1. The summed E-state index contributed by atoms with van der Waals surface area (Å²) in [5, 5.41) is 8.30. The van der Waals surface area contributed by atoms with Crippen LogP contribution in [0.3, 0.4) is 0 Å². The molecule has 1 aliphatic heterocycles. The Kier molecular flexibility index (Phi) is 1.73. The Bertz CT molecular complexity index is 507. The van der Waals surface area contributed by atoms with Crippen LogP contribution in [0.1, 0.15) is 10.4 Å². The molecule has 0 bridgehead atoms. The Morgan fingerprint density at radius 2 is 2.07 bits per heavy atom. The van der Waals surface area contributed by atoms with Crippen molar-refractivity contribution < 1.29 is 23.4 Å². The molecule has 0 saturated carbocycles. The highest BCUT2D eigenvalue weighted by atomic mass is 32.2. The summed E-state index contributed by atoms with van der Waals surface area (Å²) in [6, 6.07) is 3.63. The van der Waals surface area contributed by atoms with E-state index < -0.39 is 15.9 Å². The standard InChI is InChI=1S/C7H5NO5S/c9-7-5-2-1-4(13-10)3-6(5)14(11,12)8-7/h1-3,10H,(H,8,9). The third kappa shape index (κ3) is 1.14. The topological polar surface area (TPSA) is 92.7 Å². The molecule has 1 aromatic carbocycles. The van der Waals surface area contributed by atoms with Crippen LogP contribution in [0, 0.1) is 0 Å². The highest BCUT2D eigenvalue weighted by Crippen LogP contribution is 2.26. The van der Waals surface area contributed by atoms with E-state index in [1.54, 1.807) is 4.72 Å². The van der Waals surface area contributed by atoms with E-state index in [9.17, 15) is 13.2 Å². The van der Waals surface area contributed by atoms with Gasteiger partial charge in [0.2, 0.25) is 0 Å². The van der Waals surface area contributed by atoms with Crippen LogP contribution in [0.15, 0.2) is 23.1 Å². The molecular weight excluding hydrogens is 210 g/mol. The molecule has 0 spiro atoms. The minimum Gasteiger partial charge on any atom is -0.340 e. The minimum atomic E-state index is -3.78. The smallest absolute Gasteiger partial charge is 0.266 e. The number of hydrogen-bond acceptors (Lipinski definition) is 5.